The van der Waals surface area contributed by atoms with Gasteiger partial charge in [0.2, 0.25) is 5.91 Å². The quantitative estimate of drug-likeness (QED) is 0.836. The second-order valence-corrected chi connectivity index (χ2v) is 6.40. The molecule has 128 valence electrons. The van der Waals surface area contributed by atoms with Gasteiger partial charge in [0.05, 0.1) is 29.2 Å². The standard InChI is InChI=1S/C17H21N3O3S/c1-5-6-15-18-10(2)16(24-15)17(22)20-14-9-12(23-4)7-8-13(14)19-11(3)21/h7-9H,5-6H2,1-4H3,(H,19,21)(H,20,22). The van der Waals surface area contributed by atoms with Gasteiger partial charge in [0.15, 0.2) is 0 Å². The fourth-order valence-electron chi connectivity index (χ4n) is 2.22. The van der Waals surface area contributed by atoms with Crippen molar-refractivity contribution in [1.82, 2.24) is 4.98 Å². The van der Waals surface area contributed by atoms with E-state index in [0.717, 1.165) is 17.8 Å². The predicted molar refractivity (Wildman–Crippen MR) is 96.1 cm³/mol. The zero-order valence-electron chi connectivity index (χ0n) is 14.2. The van der Waals surface area contributed by atoms with Crippen LogP contribution >= 0.6 is 11.3 Å². The van der Waals surface area contributed by atoms with Gasteiger partial charge in [-0.05, 0) is 31.9 Å². The maximum absolute atomic E-state index is 12.6. The molecule has 2 N–H and O–H groups in total. The lowest BCUT2D eigenvalue weighted by molar-refractivity contribution is -0.114. The van der Waals surface area contributed by atoms with E-state index >= 15 is 0 Å². The van der Waals surface area contributed by atoms with E-state index in [9.17, 15) is 9.59 Å². The van der Waals surface area contributed by atoms with E-state index < -0.39 is 0 Å². The molecule has 0 bridgehead atoms. The first-order chi connectivity index (χ1) is 11.4. The van der Waals surface area contributed by atoms with E-state index in [4.69, 9.17) is 4.74 Å². The highest BCUT2D eigenvalue weighted by Crippen LogP contribution is 2.29. The molecule has 0 saturated heterocycles. The number of carbonyl (C=O) groups is 2. The Labute approximate surface area is 145 Å². The molecule has 24 heavy (non-hydrogen) atoms. The summed E-state index contributed by atoms with van der Waals surface area (Å²) in [6.45, 7) is 5.32. The van der Waals surface area contributed by atoms with Crippen LogP contribution in [0.5, 0.6) is 5.75 Å². The fraction of sp³-hybridized carbons (Fsp3) is 0.353. The molecule has 0 aliphatic carbocycles. The Bertz CT molecular complexity index is 756. The number of carbonyl (C=O) groups excluding carboxylic acids is 2. The predicted octanol–water partition coefficient (Wildman–Crippen LogP) is 3.62. The maximum Gasteiger partial charge on any atom is 0.267 e. The number of aryl methyl sites for hydroxylation is 2. The van der Waals surface area contributed by atoms with Crippen molar-refractivity contribution < 1.29 is 14.3 Å². The van der Waals surface area contributed by atoms with Crippen molar-refractivity contribution in [3.8, 4) is 5.75 Å². The molecule has 2 amide bonds. The molecular formula is C17H21N3O3S. The minimum absolute atomic E-state index is 0.213. The highest BCUT2D eigenvalue weighted by molar-refractivity contribution is 7.13. The molecule has 2 rings (SSSR count). The summed E-state index contributed by atoms with van der Waals surface area (Å²) < 4.78 is 5.19. The molecule has 0 saturated carbocycles. The molecule has 2 aromatic rings. The van der Waals surface area contributed by atoms with Crippen LogP contribution in [0.3, 0.4) is 0 Å². The Balaban J connectivity index is 2.28. The van der Waals surface area contributed by atoms with Crippen LogP contribution in [0.4, 0.5) is 11.4 Å². The first-order valence-electron chi connectivity index (χ1n) is 7.67. The van der Waals surface area contributed by atoms with Crippen molar-refractivity contribution in [2.24, 2.45) is 0 Å². The fourth-order valence-corrected chi connectivity index (χ4v) is 3.28. The number of nitrogens with one attached hydrogen (secondary N) is 2. The van der Waals surface area contributed by atoms with E-state index in [1.165, 1.54) is 18.3 Å². The Morgan fingerprint density at radius 2 is 2.00 bits per heavy atom. The topological polar surface area (TPSA) is 80.3 Å². The van der Waals surface area contributed by atoms with Crippen LogP contribution < -0.4 is 15.4 Å². The van der Waals surface area contributed by atoms with Gasteiger partial charge in [-0.15, -0.1) is 11.3 Å². The highest BCUT2D eigenvalue weighted by Gasteiger charge is 2.17. The lowest BCUT2D eigenvalue weighted by atomic mass is 10.2. The van der Waals surface area contributed by atoms with Crippen LogP contribution in [-0.4, -0.2) is 23.9 Å². The summed E-state index contributed by atoms with van der Waals surface area (Å²) in [5.74, 6) is 0.133. The number of hydrogen-bond acceptors (Lipinski definition) is 5. The minimum Gasteiger partial charge on any atom is -0.497 e. The van der Waals surface area contributed by atoms with Gasteiger partial charge >= 0.3 is 0 Å². The van der Waals surface area contributed by atoms with E-state index in [1.807, 2.05) is 6.92 Å². The third-order valence-corrected chi connectivity index (χ3v) is 4.51. The summed E-state index contributed by atoms with van der Waals surface area (Å²) in [7, 11) is 1.55. The molecule has 1 heterocycles. The number of thiazole rings is 1. The van der Waals surface area contributed by atoms with Crippen molar-refractivity contribution in [2.75, 3.05) is 17.7 Å². The van der Waals surface area contributed by atoms with Crippen LogP contribution in [0.1, 0.15) is 40.6 Å². The molecule has 1 aromatic heterocycles. The van der Waals surface area contributed by atoms with Gasteiger partial charge in [-0.3, -0.25) is 9.59 Å². The molecule has 0 aliphatic heterocycles. The van der Waals surface area contributed by atoms with E-state index in [1.54, 1.807) is 25.3 Å². The molecule has 7 heteroatoms. The summed E-state index contributed by atoms with van der Waals surface area (Å²) in [6.07, 6.45) is 1.84. The third-order valence-electron chi connectivity index (χ3n) is 3.30. The van der Waals surface area contributed by atoms with Crippen LogP contribution in [0, 0.1) is 6.92 Å². The normalized spacial score (nSPS) is 10.3. The summed E-state index contributed by atoms with van der Waals surface area (Å²) in [6, 6.07) is 5.09. The molecule has 0 spiro atoms. The summed E-state index contributed by atoms with van der Waals surface area (Å²) >= 11 is 1.40. The Hall–Kier alpha value is -2.41. The highest BCUT2D eigenvalue weighted by atomic mass is 32.1. The molecular weight excluding hydrogens is 326 g/mol. The number of aromatic nitrogens is 1. The minimum atomic E-state index is -0.243. The Morgan fingerprint density at radius 1 is 1.25 bits per heavy atom. The number of hydrogen-bond donors (Lipinski definition) is 2. The molecule has 0 atom stereocenters. The van der Waals surface area contributed by atoms with Crippen molar-refractivity contribution >= 4 is 34.5 Å². The first-order valence-corrected chi connectivity index (χ1v) is 8.49. The average molecular weight is 347 g/mol. The summed E-state index contributed by atoms with van der Waals surface area (Å²) in [5.41, 5.74) is 1.72. The van der Waals surface area contributed by atoms with Crippen LogP contribution in [0.15, 0.2) is 18.2 Å². The van der Waals surface area contributed by atoms with E-state index in [-0.39, 0.29) is 11.8 Å². The van der Waals surface area contributed by atoms with Crippen molar-refractivity contribution in [2.45, 2.75) is 33.6 Å². The summed E-state index contributed by atoms with van der Waals surface area (Å²) in [5, 5.41) is 6.49. The number of ether oxygens (including phenoxy) is 1. The maximum atomic E-state index is 12.6. The third kappa shape index (κ3) is 4.32. The van der Waals surface area contributed by atoms with Gasteiger partial charge in [0.1, 0.15) is 10.6 Å². The van der Waals surface area contributed by atoms with E-state index in [0.29, 0.717) is 27.7 Å². The van der Waals surface area contributed by atoms with Crippen molar-refractivity contribution in [1.29, 1.82) is 0 Å². The first kappa shape index (κ1) is 17.9. The second-order valence-electron chi connectivity index (χ2n) is 5.32. The van der Waals surface area contributed by atoms with Crippen LogP contribution in [-0.2, 0) is 11.2 Å². The zero-order valence-corrected chi connectivity index (χ0v) is 15.0. The Kier molecular flexibility index (Phi) is 5.92. The van der Waals surface area contributed by atoms with Gasteiger partial charge in [0.25, 0.3) is 5.91 Å². The van der Waals surface area contributed by atoms with Gasteiger partial charge in [-0.2, -0.15) is 0 Å². The van der Waals surface area contributed by atoms with Gasteiger partial charge in [0, 0.05) is 13.0 Å². The largest absolute Gasteiger partial charge is 0.497 e. The molecule has 1 aromatic carbocycles. The number of benzene rings is 1. The van der Waals surface area contributed by atoms with Gasteiger partial charge in [-0.25, -0.2) is 4.98 Å². The van der Waals surface area contributed by atoms with Crippen LogP contribution in [0.25, 0.3) is 0 Å². The monoisotopic (exact) mass is 347 g/mol. The van der Waals surface area contributed by atoms with Gasteiger partial charge in [-0.1, -0.05) is 6.92 Å². The lowest BCUT2D eigenvalue weighted by Crippen LogP contribution is -2.15. The molecule has 0 radical (unpaired) electrons. The Morgan fingerprint density at radius 3 is 2.62 bits per heavy atom. The number of amides is 2. The second kappa shape index (κ2) is 7.92. The van der Waals surface area contributed by atoms with Gasteiger partial charge < -0.3 is 15.4 Å². The molecule has 6 nitrogen and oxygen atoms in total. The SMILES string of the molecule is CCCc1nc(C)c(C(=O)Nc2cc(OC)ccc2NC(C)=O)s1. The molecule has 0 fully saturated rings. The van der Waals surface area contributed by atoms with Crippen molar-refractivity contribution in [3.05, 3.63) is 33.8 Å². The molecule has 0 aliphatic rings. The number of anilines is 2. The number of nitrogens with zero attached hydrogens (tertiary/aromatic N) is 1. The van der Waals surface area contributed by atoms with E-state index in [2.05, 4.69) is 22.5 Å². The summed E-state index contributed by atoms with van der Waals surface area (Å²) in [4.78, 5) is 28.9. The van der Waals surface area contributed by atoms with Crippen LogP contribution in [0.2, 0.25) is 0 Å². The smallest absolute Gasteiger partial charge is 0.267 e. The molecule has 0 unspecified atom stereocenters. The average Bonchev–Trinajstić information content (AvgIpc) is 2.89. The lowest BCUT2D eigenvalue weighted by Gasteiger charge is -2.12. The number of rotatable bonds is 6. The zero-order chi connectivity index (χ0) is 17.7. The number of methoxy groups -OCH3 is 1. The van der Waals surface area contributed by atoms with Crippen molar-refractivity contribution in [3.63, 3.8) is 0 Å².